The molecule has 2 rings (SSSR count). The quantitative estimate of drug-likeness (QED) is 0.910. The van der Waals surface area contributed by atoms with Crippen molar-refractivity contribution in [3.05, 3.63) is 24.3 Å². The fourth-order valence-corrected chi connectivity index (χ4v) is 2.19. The highest BCUT2D eigenvalue weighted by molar-refractivity contribution is 6.05. The molecule has 1 aromatic rings. The zero-order chi connectivity index (χ0) is 15.6. The van der Waals surface area contributed by atoms with E-state index in [2.05, 4.69) is 5.32 Å². The zero-order valence-electron chi connectivity index (χ0n) is 12.8. The lowest BCUT2D eigenvalue weighted by atomic mass is 10.1. The number of nitrogens with one attached hydrogen (secondary N) is 1. The van der Waals surface area contributed by atoms with Crippen molar-refractivity contribution in [2.75, 3.05) is 25.1 Å². The van der Waals surface area contributed by atoms with Gasteiger partial charge in [-0.1, -0.05) is 12.1 Å². The molecule has 1 fully saturated rings. The largest absolute Gasteiger partial charge is 0.495 e. The Hall–Kier alpha value is -2.24. The number of urea groups is 2. The van der Waals surface area contributed by atoms with Crippen molar-refractivity contribution in [2.45, 2.75) is 26.3 Å². The van der Waals surface area contributed by atoms with Crippen molar-refractivity contribution < 1.29 is 14.3 Å². The molecule has 0 atom stereocenters. The van der Waals surface area contributed by atoms with Crippen LogP contribution in [0.15, 0.2) is 24.3 Å². The third-order valence-corrected chi connectivity index (χ3v) is 3.11. The summed E-state index contributed by atoms with van der Waals surface area (Å²) in [6, 6.07) is 6.57. The number of anilines is 1. The van der Waals surface area contributed by atoms with E-state index >= 15 is 0 Å². The second-order valence-electron chi connectivity index (χ2n) is 5.94. The first-order valence-corrected chi connectivity index (χ1v) is 6.87. The van der Waals surface area contributed by atoms with Crippen LogP contribution in [0.4, 0.5) is 15.3 Å². The third-order valence-electron chi connectivity index (χ3n) is 3.11. The molecule has 0 aliphatic carbocycles. The van der Waals surface area contributed by atoms with Crippen molar-refractivity contribution in [2.24, 2.45) is 0 Å². The molecule has 1 aromatic carbocycles. The van der Waals surface area contributed by atoms with Gasteiger partial charge in [0.05, 0.1) is 19.3 Å². The molecule has 1 aliphatic heterocycles. The van der Waals surface area contributed by atoms with E-state index in [1.807, 2.05) is 39.0 Å². The molecule has 0 radical (unpaired) electrons. The smallest absolute Gasteiger partial charge is 0.332 e. The molecule has 1 heterocycles. The number of rotatable bonds is 2. The van der Waals surface area contributed by atoms with Crippen LogP contribution in [0.3, 0.4) is 0 Å². The third kappa shape index (κ3) is 3.26. The average molecular weight is 291 g/mol. The van der Waals surface area contributed by atoms with Crippen LogP contribution in [0.1, 0.15) is 20.8 Å². The molecule has 0 saturated carbocycles. The number of nitrogens with zero attached hydrogens (tertiary/aromatic N) is 2. The molecule has 1 aliphatic rings. The van der Waals surface area contributed by atoms with Gasteiger partial charge in [0.2, 0.25) is 0 Å². The lowest BCUT2D eigenvalue weighted by molar-refractivity contribution is 0.194. The van der Waals surface area contributed by atoms with Gasteiger partial charge in [0.25, 0.3) is 0 Å². The number of benzene rings is 1. The summed E-state index contributed by atoms with van der Waals surface area (Å²) >= 11 is 0. The van der Waals surface area contributed by atoms with Crippen LogP contribution in [0.25, 0.3) is 0 Å². The molecule has 114 valence electrons. The summed E-state index contributed by atoms with van der Waals surface area (Å²) in [6.07, 6.45) is 0. The van der Waals surface area contributed by atoms with E-state index in [1.54, 1.807) is 18.1 Å². The van der Waals surface area contributed by atoms with E-state index in [-0.39, 0.29) is 17.6 Å². The van der Waals surface area contributed by atoms with Gasteiger partial charge in [-0.05, 0) is 32.9 Å². The lowest BCUT2D eigenvalue weighted by Crippen LogP contribution is -2.49. The number of ether oxygens (including phenoxy) is 1. The van der Waals surface area contributed by atoms with Crippen LogP contribution in [0.5, 0.6) is 5.75 Å². The van der Waals surface area contributed by atoms with Gasteiger partial charge in [-0.25, -0.2) is 14.5 Å². The van der Waals surface area contributed by atoms with Gasteiger partial charge < -0.3 is 10.1 Å². The maximum absolute atomic E-state index is 12.4. The fourth-order valence-electron chi connectivity index (χ4n) is 2.19. The summed E-state index contributed by atoms with van der Waals surface area (Å²) < 4.78 is 5.27. The van der Waals surface area contributed by atoms with Gasteiger partial charge in [0.15, 0.2) is 0 Å². The van der Waals surface area contributed by atoms with Crippen LogP contribution in [0.2, 0.25) is 0 Å². The zero-order valence-corrected chi connectivity index (χ0v) is 12.8. The van der Waals surface area contributed by atoms with Crippen molar-refractivity contribution in [3.63, 3.8) is 0 Å². The van der Waals surface area contributed by atoms with Crippen molar-refractivity contribution in [3.8, 4) is 5.75 Å². The molecular weight excluding hydrogens is 270 g/mol. The molecular formula is C15H21N3O3. The van der Waals surface area contributed by atoms with Gasteiger partial charge >= 0.3 is 12.1 Å². The van der Waals surface area contributed by atoms with Crippen LogP contribution in [-0.2, 0) is 0 Å². The maximum Gasteiger partial charge on any atom is 0.332 e. The predicted octanol–water partition coefficient (Wildman–Crippen LogP) is 2.45. The number of para-hydroxylation sites is 2. The van der Waals surface area contributed by atoms with E-state index in [4.69, 9.17) is 4.74 Å². The van der Waals surface area contributed by atoms with Gasteiger partial charge in [-0.2, -0.15) is 0 Å². The monoisotopic (exact) mass is 291 g/mol. The Kier molecular flexibility index (Phi) is 4.06. The Morgan fingerprint density at radius 3 is 2.52 bits per heavy atom. The molecule has 0 aromatic heterocycles. The molecule has 4 amide bonds. The van der Waals surface area contributed by atoms with Crippen LogP contribution < -0.4 is 15.0 Å². The van der Waals surface area contributed by atoms with E-state index in [1.165, 1.54) is 4.90 Å². The van der Waals surface area contributed by atoms with Crippen LogP contribution in [0, 0.1) is 0 Å². The topological polar surface area (TPSA) is 61.9 Å². The van der Waals surface area contributed by atoms with Gasteiger partial charge in [-0.3, -0.25) is 4.90 Å². The fraction of sp³-hybridized carbons (Fsp3) is 0.467. The number of methoxy groups -OCH3 is 1. The average Bonchev–Trinajstić information content (AvgIpc) is 2.78. The Labute approximate surface area is 124 Å². The summed E-state index contributed by atoms with van der Waals surface area (Å²) in [5, 5.41) is 2.80. The highest BCUT2D eigenvalue weighted by Gasteiger charge is 2.36. The second-order valence-corrected chi connectivity index (χ2v) is 5.94. The van der Waals surface area contributed by atoms with Crippen molar-refractivity contribution >= 4 is 17.7 Å². The summed E-state index contributed by atoms with van der Waals surface area (Å²) in [4.78, 5) is 27.4. The van der Waals surface area contributed by atoms with Gasteiger partial charge in [-0.15, -0.1) is 0 Å². The number of imide groups is 1. The Balaban J connectivity index is 2.17. The van der Waals surface area contributed by atoms with E-state index in [9.17, 15) is 9.59 Å². The van der Waals surface area contributed by atoms with E-state index < -0.39 is 0 Å². The summed E-state index contributed by atoms with van der Waals surface area (Å²) in [5.41, 5.74) is 0.297. The maximum atomic E-state index is 12.4. The number of hydrogen-bond acceptors (Lipinski definition) is 3. The first-order valence-electron chi connectivity index (χ1n) is 6.87. The lowest BCUT2D eigenvalue weighted by Gasteiger charge is -2.24. The molecule has 1 saturated heterocycles. The molecule has 0 bridgehead atoms. The molecule has 21 heavy (non-hydrogen) atoms. The molecule has 1 N–H and O–H groups in total. The minimum absolute atomic E-state index is 0.332. The van der Waals surface area contributed by atoms with E-state index in [0.717, 1.165) is 0 Å². The van der Waals surface area contributed by atoms with Crippen molar-refractivity contribution in [1.82, 2.24) is 10.2 Å². The van der Waals surface area contributed by atoms with Crippen LogP contribution in [-0.4, -0.2) is 42.7 Å². The first-order chi connectivity index (χ1) is 9.83. The number of amides is 4. The summed E-state index contributed by atoms with van der Waals surface area (Å²) in [5.74, 6) is 0.615. The number of carbonyl (C=O) groups is 2. The Bertz CT molecular complexity index is 551. The molecule has 6 heteroatoms. The minimum Gasteiger partial charge on any atom is -0.495 e. The minimum atomic E-state index is -0.380. The van der Waals surface area contributed by atoms with Gasteiger partial charge in [0, 0.05) is 12.1 Å². The predicted molar refractivity (Wildman–Crippen MR) is 80.7 cm³/mol. The summed E-state index contributed by atoms with van der Waals surface area (Å²) in [7, 11) is 1.56. The Morgan fingerprint density at radius 1 is 1.24 bits per heavy atom. The second kappa shape index (κ2) is 5.63. The Morgan fingerprint density at radius 2 is 1.90 bits per heavy atom. The van der Waals surface area contributed by atoms with Gasteiger partial charge in [0.1, 0.15) is 5.75 Å². The number of hydrogen-bond donors (Lipinski definition) is 1. The van der Waals surface area contributed by atoms with Crippen molar-refractivity contribution in [1.29, 1.82) is 0 Å². The SMILES string of the molecule is COc1ccccc1N1CCN(C(=O)NC(C)(C)C)C1=O. The first kappa shape index (κ1) is 15.2. The van der Waals surface area contributed by atoms with E-state index in [0.29, 0.717) is 24.5 Å². The highest BCUT2D eigenvalue weighted by atomic mass is 16.5. The summed E-state index contributed by atoms with van der Waals surface area (Å²) in [6.45, 7) is 6.45. The van der Waals surface area contributed by atoms with Crippen LogP contribution >= 0.6 is 0 Å². The normalized spacial score (nSPS) is 15.3. The molecule has 0 spiro atoms. The highest BCUT2D eigenvalue weighted by Crippen LogP contribution is 2.30. The number of carbonyl (C=O) groups excluding carboxylic acids is 2. The molecule has 0 unspecified atom stereocenters. The molecule has 6 nitrogen and oxygen atoms in total. The standard InChI is InChI=1S/C15H21N3O3/c1-15(2,3)16-13(19)18-10-9-17(14(18)20)11-7-5-6-8-12(11)21-4/h5-8H,9-10H2,1-4H3,(H,16,19).